The van der Waals surface area contributed by atoms with Crippen LogP contribution in [0.3, 0.4) is 0 Å². The van der Waals surface area contributed by atoms with Gasteiger partial charge < -0.3 is 14.8 Å². The molecule has 0 unspecified atom stereocenters. The Hall–Kier alpha value is -2.33. The van der Waals surface area contributed by atoms with Crippen LogP contribution < -0.4 is 5.32 Å². The van der Waals surface area contributed by atoms with Gasteiger partial charge in [-0.25, -0.2) is 0 Å². The molecule has 0 atom stereocenters. The smallest absolute Gasteiger partial charge is 0.173 e. The highest BCUT2D eigenvalue weighted by Crippen LogP contribution is 2.28. The number of hydrogen-bond donors (Lipinski definition) is 1. The van der Waals surface area contributed by atoms with Gasteiger partial charge in [0.2, 0.25) is 0 Å². The fourth-order valence-electron chi connectivity index (χ4n) is 4.57. The Labute approximate surface area is 179 Å². The van der Waals surface area contributed by atoms with Gasteiger partial charge in [0.1, 0.15) is 0 Å². The summed E-state index contributed by atoms with van der Waals surface area (Å²) < 4.78 is 2.23. The van der Waals surface area contributed by atoms with Crippen LogP contribution in [0.25, 0.3) is 10.9 Å². The summed E-state index contributed by atoms with van der Waals surface area (Å²) in [5.41, 5.74) is 4.96. The first-order valence-electron chi connectivity index (χ1n) is 10.8. The van der Waals surface area contributed by atoms with E-state index in [0.29, 0.717) is 6.04 Å². The standard InChI is InChI=1S/C25H31N3S/c1-19-11-7-9-15-23(19)26-25(29)28(21-12-5-3-4-6-13-21)18-20-17-27(2)24-16-10-8-14-22(20)24/h7-11,14-17,21H,3-6,12-13,18H2,1-2H3,(H,26,29). The zero-order valence-corrected chi connectivity index (χ0v) is 18.3. The molecule has 0 bridgehead atoms. The van der Waals surface area contributed by atoms with Crippen LogP contribution in [-0.4, -0.2) is 20.6 Å². The Balaban J connectivity index is 1.64. The van der Waals surface area contributed by atoms with Crippen LogP contribution in [0.2, 0.25) is 0 Å². The van der Waals surface area contributed by atoms with E-state index in [1.165, 1.54) is 60.6 Å². The molecule has 1 saturated carbocycles. The molecule has 4 rings (SSSR count). The minimum Gasteiger partial charge on any atom is -0.350 e. The average Bonchev–Trinajstić information content (AvgIpc) is 2.89. The first-order chi connectivity index (χ1) is 14.1. The van der Waals surface area contributed by atoms with Crippen molar-refractivity contribution in [1.82, 2.24) is 9.47 Å². The van der Waals surface area contributed by atoms with Crippen LogP contribution >= 0.6 is 12.2 Å². The Kier molecular flexibility index (Phi) is 6.19. The van der Waals surface area contributed by atoms with Crippen molar-refractivity contribution in [3.8, 4) is 0 Å². The molecule has 1 aliphatic rings. The van der Waals surface area contributed by atoms with Gasteiger partial charge in [-0.2, -0.15) is 0 Å². The molecule has 0 radical (unpaired) electrons. The van der Waals surface area contributed by atoms with Crippen LogP contribution in [0.5, 0.6) is 0 Å². The molecule has 1 aliphatic carbocycles. The van der Waals surface area contributed by atoms with Crippen LogP contribution in [0.1, 0.15) is 49.7 Å². The number of thiocarbonyl (C=S) groups is 1. The maximum Gasteiger partial charge on any atom is 0.173 e. The molecular formula is C25H31N3S. The summed E-state index contributed by atoms with van der Waals surface area (Å²) in [6, 6.07) is 17.6. The molecule has 0 saturated heterocycles. The van der Waals surface area contributed by atoms with Gasteiger partial charge >= 0.3 is 0 Å². The van der Waals surface area contributed by atoms with Gasteiger partial charge in [-0.1, -0.05) is 62.1 Å². The summed E-state index contributed by atoms with van der Waals surface area (Å²) in [6.45, 7) is 2.98. The predicted octanol–water partition coefficient (Wildman–Crippen LogP) is 6.41. The fraction of sp³-hybridized carbons (Fsp3) is 0.400. The zero-order chi connectivity index (χ0) is 20.2. The lowest BCUT2D eigenvalue weighted by Gasteiger charge is -2.34. The van der Waals surface area contributed by atoms with E-state index < -0.39 is 0 Å². The Morgan fingerprint density at radius 3 is 2.48 bits per heavy atom. The third-order valence-corrected chi connectivity index (χ3v) is 6.57. The molecule has 29 heavy (non-hydrogen) atoms. The first kappa shape index (κ1) is 20.0. The van der Waals surface area contributed by atoms with Crippen molar-refractivity contribution in [2.75, 3.05) is 5.32 Å². The zero-order valence-electron chi connectivity index (χ0n) is 17.5. The van der Waals surface area contributed by atoms with E-state index in [-0.39, 0.29) is 0 Å². The van der Waals surface area contributed by atoms with Crippen LogP contribution in [-0.2, 0) is 13.6 Å². The summed E-state index contributed by atoms with van der Waals surface area (Å²) in [7, 11) is 2.13. The highest BCUT2D eigenvalue weighted by Gasteiger charge is 2.24. The third kappa shape index (κ3) is 4.48. The average molecular weight is 406 g/mol. The normalized spacial score (nSPS) is 15.2. The first-order valence-corrected chi connectivity index (χ1v) is 11.2. The molecule has 3 nitrogen and oxygen atoms in total. The minimum absolute atomic E-state index is 0.500. The van der Waals surface area contributed by atoms with E-state index in [1.807, 2.05) is 0 Å². The second kappa shape index (κ2) is 9.00. The number of fused-ring (bicyclic) bond motifs is 1. The molecule has 1 aromatic heterocycles. The van der Waals surface area contributed by atoms with Crippen LogP contribution in [0, 0.1) is 6.92 Å². The molecule has 1 fully saturated rings. The summed E-state index contributed by atoms with van der Waals surface area (Å²) >= 11 is 5.98. The largest absolute Gasteiger partial charge is 0.350 e. The van der Waals surface area contributed by atoms with Gasteiger partial charge in [-0.3, -0.25) is 0 Å². The molecule has 2 aromatic carbocycles. The van der Waals surface area contributed by atoms with Crippen molar-refractivity contribution in [2.45, 2.75) is 58.0 Å². The second-order valence-electron chi connectivity index (χ2n) is 8.30. The van der Waals surface area contributed by atoms with Gasteiger partial charge in [0.15, 0.2) is 5.11 Å². The van der Waals surface area contributed by atoms with E-state index in [1.54, 1.807) is 0 Å². The number of aryl methyl sites for hydroxylation is 2. The monoisotopic (exact) mass is 405 g/mol. The molecular weight excluding hydrogens is 374 g/mol. The molecule has 1 heterocycles. The van der Waals surface area contributed by atoms with Crippen LogP contribution in [0.15, 0.2) is 54.7 Å². The number of para-hydroxylation sites is 2. The lowest BCUT2D eigenvalue weighted by atomic mass is 10.1. The number of benzene rings is 2. The quantitative estimate of drug-likeness (QED) is 0.400. The van der Waals surface area contributed by atoms with Crippen molar-refractivity contribution < 1.29 is 0 Å². The highest BCUT2D eigenvalue weighted by atomic mass is 32.1. The molecule has 0 aliphatic heterocycles. The maximum atomic E-state index is 5.98. The highest BCUT2D eigenvalue weighted by molar-refractivity contribution is 7.80. The van der Waals surface area contributed by atoms with Crippen LogP contribution in [0.4, 0.5) is 5.69 Å². The molecule has 0 spiro atoms. The van der Waals surface area contributed by atoms with Gasteiger partial charge in [-0.15, -0.1) is 0 Å². The number of aromatic nitrogens is 1. The van der Waals surface area contributed by atoms with Crippen molar-refractivity contribution in [3.05, 3.63) is 65.9 Å². The van der Waals surface area contributed by atoms with E-state index in [4.69, 9.17) is 12.2 Å². The lowest BCUT2D eigenvalue weighted by Crippen LogP contribution is -2.42. The van der Waals surface area contributed by atoms with E-state index in [2.05, 4.69) is 83.5 Å². The van der Waals surface area contributed by atoms with Gasteiger partial charge in [0, 0.05) is 42.4 Å². The Morgan fingerprint density at radius 2 is 1.72 bits per heavy atom. The molecule has 1 N–H and O–H groups in total. The minimum atomic E-state index is 0.500. The number of rotatable bonds is 4. The van der Waals surface area contributed by atoms with Gasteiger partial charge in [0.05, 0.1) is 0 Å². The van der Waals surface area contributed by atoms with E-state index in [0.717, 1.165) is 17.3 Å². The number of nitrogens with one attached hydrogen (secondary N) is 1. The van der Waals surface area contributed by atoms with Crippen molar-refractivity contribution in [3.63, 3.8) is 0 Å². The van der Waals surface area contributed by atoms with Gasteiger partial charge in [-0.05, 0) is 55.2 Å². The summed E-state index contributed by atoms with van der Waals surface area (Å²) in [5.74, 6) is 0. The number of nitrogens with zero attached hydrogens (tertiary/aromatic N) is 2. The predicted molar refractivity (Wildman–Crippen MR) is 127 cm³/mol. The van der Waals surface area contributed by atoms with Crippen molar-refractivity contribution >= 4 is 33.9 Å². The maximum absolute atomic E-state index is 5.98. The Morgan fingerprint density at radius 1 is 1.03 bits per heavy atom. The number of hydrogen-bond acceptors (Lipinski definition) is 1. The molecule has 4 heteroatoms. The fourth-order valence-corrected chi connectivity index (χ4v) is 4.90. The number of anilines is 1. The molecule has 152 valence electrons. The molecule has 3 aromatic rings. The lowest BCUT2D eigenvalue weighted by molar-refractivity contribution is 0.281. The van der Waals surface area contributed by atoms with Crippen molar-refractivity contribution in [2.24, 2.45) is 7.05 Å². The van der Waals surface area contributed by atoms with Gasteiger partial charge in [0.25, 0.3) is 0 Å². The topological polar surface area (TPSA) is 20.2 Å². The summed E-state index contributed by atoms with van der Waals surface area (Å²) in [5, 5.41) is 5.73. The Bertz CT molecular complexity index is 983. The third-order valence-electron chi connectivity index (χ3n) is 6.23. The van der Waals surface area contributed by atoms with E-state index in [9.17, 15) is 0 Å². The molecule has 0 amide bonds. The summed E-state index contributed by atoms with van der Waals surface area (Å²) in [6.07, 6.45) is 9.99. The summed E-state index contributed by atoms with van der Waals surface area (Å²) in [4.78, 5) is 2.45. The van der Waals surface area contributed by atoms with E-state index >= 15 is 0 Å². The van der Waals surface area contributed by atoms with Crippen molar-refractivity contribution in [1.29, 1.82) is 0 Å². The second-order valence-corrected chi connectivity index (χ2v) is 8.69. The SMILES string of the molecule is Cc1ccccc1NC(=S)N(Cc1cn(C)c2ccccc12)C1CCCCCC1.